The Morgan fingerprint density at radius 1 is 1.29 bits per heavy atom. The number of halogens is 2. The number of nitrogens with zero attached hydrogens (tertiary/aromatic N) is 3. The zero-order chi connectivity index (χ0) is 22.0. The number of aromatic nitrogens is 3. The van der Waals surface area contributed by atoms with Crippen LogP contribution in [-0.2, 0) is 15.3 Å². The Hall–Kier alpha value is -2.29. The molecule has 3 aromatic rings. The summed E-state index contributed by atoms with van der Waals surface area (Å²) in [6, 6.07) is 15.1. The largest absolute Gasteiger partial charge is 0.463 e. The number of carbonyl (C=O) groups excluding carboxylic acids is 1. The molecule has 4 rings (SSSR count). The molecule has 2 heterocycles. The Morgan fingerprint density at radius 2 is 2.10 bits per heavy atom. The maximum absolute atomic E-state index is 12.8. The second-order valence-corrected chi connectivity index (χ2v) is 9.15. The van der Waals surface area contributed by atoms with E-state index in [0.717, 1.165) is 15.6 Å². The van der Waals surface area contributed by atoms with Crippen molar-refractivity contribution in [2.45, 2.75) is 30.8 Å². The molecular formula is C22H20BrClN4O2S. The summed E-state index contributed by atoms with van der Waals surface area (Å²) in [4.78, 5) is 17.5. The summed E-state index contributed by atoms with van der Waals surface area (Å²) in [7, 11) is 0. The Labute approximate surface area is 198 Å². The van der Waals surface area contributed by atoms with E-state index in [2.05, 4.69) is 26.2 Å². The fraction of sp³-hybridized carbons (Fsp3) is 0.227. The molecule has 1 N–H and O–H groups in total. The molecular weight excluding hydrogens is 500 g/mol. The van der Waals surface area contributed by atoms with Gasteiger partial charge in [0.25, 0.3) is 0 Å². The number of ether oxygens (including phenoxy) is 1. The molecule has 31 heavy (non-hydrogen) atoms. The number of benzene rings is 2. The minimum atomic E-state index is -0.449. The molecule has 1 aliphatic heterocycles. The second kappa shape index (κ2) is 9.46. The van der Waals surface area contributed by atoms with Crippen LogP contribution in [0.1, 0.15) is 31.0 Å². The lowest BCUT2D eigenvalue weighted by molar-refractivity contribution is -0.139. The molecule has 1 atom stereocenters. The number of thioether (sulfide) groups is 1. The third-order valence-electron chi connectivity index (χ3n) is 4.81. The summed E-state index contributed by atoms with van der Waals surface area (Å²) in [6.45, 7) is 3.94. The van der Waals surface area contributed by atoms with Gasteiger partial charge in [-0.2, -0.15) is 4.98 Å². The van der Waals surface area contributed by atoms with Crippen LogP contribution in [0, 0.1) is 0 Å². The van der Waals surface area contributed by atoms with Crippen molar-refractivity contribution < 1.29 is 9.53 Å². The van der Waals surface area contributed by atoms with Crippen LogP contribution in [0.2, 0.25) is 5.02 Å². The van der Waals surface area contributed by atoms with Gasteiger partial charge in [0.15, 0.2) is 0 Å². The number of hydrogen-bond donors (Lipinski definition) is 1. The van der Waals surface area contributed by atoms with Crippen molar-refractivity contribution in [2.24, 2.45) is 0 Å². The van der Waals surface area contributed by atoms with Crippen molar-refractivity contribution >= 4 is 51.2 Å². The highest BCUT2D eigenvalue weighted by molar-refractivity contribution is 9.10. The Morgan fingerprint density at radius 3 is 2.84 bits per heavy atom. The van der Waals surface area contributed by atoms with E-state index in [1.54, 1.807) is 11.6 Å². The zero-order valence-electron chi connectivity index (χ0n) is 16.9. The average molecular weight is 520 g/mol. The van der Waals surface area contributed by atoms with Gasteiger partial charge in [-0.25, -0.2) is 9.48 Å². The number of hydrogen-bond acceptors (Lipinski definition) is 6. The van der Waals surface area contributed by atoms with Crippen molar-refractivity contribution in [2.75, 3.05) is 11.9 Å². The molecule has 0 bridgehead atoms. The smallest absolute Gasteiger partial charge is 0.338 e. The van der Waals surface area contributed by atoms with E-state index in [0.29, 0.717) is 39.8 Å². The SMILES string of the molecule is CCOC(=O)C1=C(C)Nc2nc(SCc3ccccc3Cl)nn2[C@H]1c1cccc(Br)c1. The third-order valence-corrected chi connectivity index (χ3v) is 6.56. The fourth-order valence-corrected chi connectivity index (χ4v) is 4.94. The molecule has 0 fully saturated rings. The summed E-state index contributed by atoms with van der Waals surface area (Å²) in [5.41, 5.74) is 3.14. The van der Waals surface area contributed by atoms with Crippen molar-refractivity contribution in [3.05, 3.63) is 80.4 Å². The van der Waals surface area contributed by atoms with Gasteiger partial charge in [0.1, 0.15) is 6.04 Å². The van der Waals surface area contributed by atoms with E-state index in [4.69, 9.17) is 21.4 Å². The van der Waals surface area contributed by atoms with Crippen molar-refractivity contribution in [1.29, 1.82) is 0 Å². The van der Waals surface area contributed by atoms with E-state index in [1.807, 2.05) is 55.5 Å². The van der Waals surface area contributed by atoms with E-state index in [9.17, 15) is 4.79 Å². The number of anilines is 1. The van der Waals surface area contributed by atoms with Gasteiger partial charge in [0.05, 0.1) is 12.2 Å². The van der Waals surface area contributed by atoms with Crippen LogP contribution in [-0.4, -0.2) is 27.3 Å². The Bertz CT molecular complexity index is 1160. The molecule has 1 aromatic heterocycles. The topological polar surface area (TPSA) is 69.0 Å². The first-order valence-electron chi connectivity index (χ1n) is 9.71. The lowest BCUT2D eigenvalue weighted by Gasteiger charge is -2.28. The van der Waals surface area contributed by atoms with Crippen LogP contribution in [0.3, 0.4) is 0 Å². The number of fused-ring (bicyclic) bond motifs is 1. The average Bonchev–Trinajstić information content (AvgIpc) is 3.14. The fourth-order valence-electron chi connectivity index (χ4n) is 3.41. The van der Waals surface area contributed by atoms with Gasteiger partial charge in [0.2, 0.25) is 11.1 Å². The third kappa shape index (κ3) is 4.66. The van der Waals surface area contributed by atoms with E-state index in [1.165, 1.54) is 11.8 Å². The van der Waals surface area contributed by atoms with Crippen LogP contribution >= 0.6 is 39.3 Å². The molecule has 160 valence electrons. The second-order valence-electron chi connectivity index (χ2n) is 6.88. The molecule has 9 heteroatoms. The maximum atomic E-state index is 12.8. The molecule has 0 aliphatic carbocycles. The molecule has 0 spiro atoms. The molecule has 0 radical (unpaired) electrons. The van der Waals surface area contributed by atoms with Crippen molar-refractivity contribution in [3.8, 4) is 0 Å². The Kier molecular flexibility index (Phi) is 6.69. The molecule has 0 amide bonds. The molecule has 0 unspecified atom stereocenters. The maximum Gasteiger partial charge on any atom is 0.338 e. The van der Waals surface area contributed by atoms with Crippen LogP contribution in [0.25, 0.3) is 0 Å². The van der Waals surface area contributed by atoms with Crippen molar-refractivity contribution in [3.63, 3.8) is 0 Å². The summed E-state index contributed by atoms with van der Waals surface area (Å²) >= 11 is 11.3. The predicted molar refractivity (Wildman–Crippen MR) is 126 cm³/mol. The molecule has 0 saturated carbocycles. The number of nitrogens with one attached hydrogen (secondary N) is 1. The monoisotopic (exact) mass is 518 g/mol. The zero-order valence-corrected chi connectivity index (χ0v) is 20.1. The van der Waals surface area contributed by atoms with Crippen LogP contribution in [0.5, 0.6) is 0 Å². The molecule has 0 saturated heterocycles. The Balaban J connectivity index is 1.71. The first-order valence-corrected chi connectivity index (χ1v) is 11.9. The van der Waals surface area contributed by atoms with Gasteiger partial charge in [-0.3, -0.25) is 0 Å². The number of allylic oxidation sites excluding steroid dienone is 1. The summed E-state index contributed by atoms with van der Waals surface area (Å²) in [6.07, 6.45) is 0. The van der Waals surface area contributed by atoms with Gasteiger partial charge in [-0.15, -0.1) is 5.10 Å². The van der Waals surface area contributed by atoms with Crippen molar-refractivity contribution in [1.82, 2.24) is 14.8 Å². The molecule has 1 aliphatic rings. The lowest BCUT2D eigenvalue weighted by Crippen LogP contribution is -2.29. The minimum absolute atomic E-state index is 0.296. The highest BCUT2D eigenvalue weighted by atomic mass is 79.9. The summed E-state index contributed by atoms with van der Waals surface area (Å²) in [5, 5.41) is 9.24. The molecule has 6 nitrogen and oxygen atoms in total. The van der Waals surface area contributed by atoms with Gasteiger partial charge < -0.3 is 10.1 Å². The summed E-state index contributed by atoms with van der Waals surface area (Å²) < 4.78 is 8.01. The molecule has 2 aromatic carbocycles. The quantitative estimate of drug-likeness (QED) is 0.326. The highest BCUT2D eigenvalue weighted by Gasteiger charge is 2.35. The first kappa shape index (κ1) is 21.9. The lowest BCUT2D eigenvalue weighted by atomic mass is 9.96. The number of esters is 1. The standard InChI is InChI=1S/C22H20BrClN4O2S/c1-3-30-20(29)18-13(2)25-21-26-22(31-12-15-7-4-5-10-17(15)24)27-28(21)19(18)14-8-6-9-16(23)11-14/h4-11,19H,3,12H2,1-2H3,(H,25,26,27)/t19-/m0/s1. The van der Waals surface area contributed by atoms with E-state index >= 15 is 0 Å². The van der Waals surface area contributed by atoms with Gasteiger partial charge in [-0.05, 0) is 43.2 Å². The highest BCUT2D eigenvalue weighted by Crippen LogP contribution is 2.37. The summed E-state index contributed by atoms with van der Waals surface area (Å²) in [5.74, 6) is 0.850. The van der Waals surface area contributed by atoms with E-state index < -0.39 is 6.04 Å². The minimum Gasteiger partial charge on any atom is -0.463 e. The predicted octanol–water partition coefficient (Wildman–Crippen LogP) is 5.84. The van der Waals surface area contributed by atoms with E-state index in [-0.39, 0.29) is 5.97 Å². The van der Waals surface area contributed by atoms with Crippen LogP contribution in [0.4, 0.5) is 5.95 Å². The van der Waals surface area contributed by atoms with Gasteiger partial charge >= 0.3 is 5.97 Å². The van der Waals surface area contributed by atoms with Gasteiger partial charge in [-0.1, -0.05) is 69.6 Å². The van der Waals surface area contributed by atoms with Crippen LogP contribution < -0.4 is 5.32 Å². The first-order chi connectivity index (χ1) is 15.0. The van der Waals surface area contributed by atoms with Crippen LogP contribution in [0.15, 0.2) is 69.4 Å². The number of carbonyl (C=O) groups is 1. The van der Waals surface area contributed by atoms with Gasteiger partial charge in [0, 0.05) is 20.9 Å². The number of rotatable bonds is 6. The normalized spacial score (nSPS) is 15.4.